The summed E-state index contributed by atoms with van der Waals surface area (Å²) in [6, 6.07) is 0.600. The lowest BCUT2D eigenvalue weighted by Crippen LogP contribution is -2.54. The number of hydrogen-bond acceptors (Lipinski definition) is 4. The zero-order valence-corrected chi connectivity index (χ0v) is 11.0. The minimum atomic E-state index is -0.0281. The third kappa shape index (κ3) is 4.31. The van der Waals surface area contributed by atoms with Crippen molar-refractivity contribution in [2.45, 2.75) is 31.3 Å². The summed E-state index contributed by atoms with van der Waals surface area (Å²) < 4.78 is 5.35. The van der Waals surface area contributed by atoms with Crippen molar-refractivity contribution in [1.29, 1.82) is 0 Å². The van der Waals surface area contributed by atoms with Gasteiger partial charge in [0.05, 0.1) is 0 Å². The molecule has 1 aliphatic heterocycles. The van der Waals surface area contributed by atoms with Gasteiger partial charge in [0.15, 0.2) is 0 Å². The van der Waals surface area contributed by atoms with Crippen LogP contribution >= 0.6 is 11.8 Å². The van der Waals surface area contributed by atoms with Crippen LogP contribution in [0.25, 0.3) is 0 Å². The Balaban J connectivity index is 2.37. The summed E-state index contributed by atoms with van der Waals surface area (Å²) in [5.74, 6) is 1.17. The van der Waals surface area contributed by atoms with Crippen molar-refractivity contribution >= 4 is 11.8 Å². The molecule has 0 radical (unpaired) electrons. The molecule has 0 spiro atoms. The van der Waals surface area contributed by atoms with Crippen molar-refractivity contribution < 1.29 is 4.74 Å². The first-order valence-electron chi connectivity index (χ1n) is 5.63. The molecule has 0 aliphatic carbocycles. The molecule has 4 heteroatoms. The van der Waals surface area contributed by atoms with Crippen LogP contribution in [0.1, 0.15) is 19.8 Å². The molecule has 0 saturated carbocycles. The highest BCUT2D eigenvalue weighted by atomic mass is 32.2. The SMILES string of the molecule is CSCC(C)N(C)CC1(N)CCOCC1. The van der Waals surface area contributed by atoms with Crippen LogP contribution in [-0.4, -0.2) is 55.3 Å². The van der Waals surface area contributed by atoms with Gasteiger partial charge >= 0.3 is 0 Å². The summed E-state index contributed by atoms with van der Waals surface area (Å²) >= 11 is 1.89. The van der Waals surface area contributed by atoms with Gasteiger partial charge in [-0.3, -0.25) is 0 Å². The summed E-state index contributed by atoms with van der Waals surface area (Å²) in [6.45, 7) is 4.89. The first-order valence-corrected chi connectivity index (χ1v) is 7.02. The summed E-state index contributed by atoms with van der Waals surface area (Å²) in [6.07, 6.45) is 4.13. The van der Waals surface area contributed by atoms with E-state index in [1.165, 1.54) is 5.75 Å². The van der Waals surface area contributed by atoms with Gasteiger partial charge in [0.25, 0.3) is 0 Å². The van der Waals surface area contributed by atoms with E-state index in [0.717, 1.165) is 32.6 Å². The van der Waals surface area contributed by atoms with Gasteiger partial charge in [-0.15, -0.1) is 0 Å². The van der Waals surface area contributed by atoms with E-state index < -0.39 is 0 Å². The predicted octanol–water partition coefficient (Wildman–Crippen LogP) is 1.18. The molecule has 1 fully saturated rings. The molecule has 90 valence electrons. The van der Waals surface area contributed by atoms with Crippen LogP contribution < -0.4 is 5.73 Å². The van der Waals surface area contributed by atoms with Crippen molar-refractivity contribution in [3.05, 3.63) is 0 Å². The van der Waals surface area contributed by atoms with Gasteiger partial charge in [-0.25, -0.2) is 0 Å². The van der Waals surface area contributed by atoms with Crippen molar-refractivity contribution in [3.8, 4) is 0 Å². The molecule has 2 N–H and O–H groups in total. The molecule has 1 atom stereocenters. The van der Waals surface area contributed by atoms with E-state index in [2.05, 4.69) is 25.1 Å². The number of rotatable bonds is 5. The molecule has 1 aliphatic rings. The highest BCUT2D eigenvalue weighted by Crippen LogP contribution is 2.19. The fraction of sp³-hybridized carbons (Fsp3) is 1.00. The normalized spacial score (nSPS) is 23.0. The van der Waals surface area contributed by atoms with Crippen LogP contribution in [0.2, 0.25) is 0 Å². The second-order valence-electron chi connectivity index (χ2n) is 4.69. The van der Waals surface area contributed by atoms with Crippen molar-refractivity contribution in [2.75, 3.05) is 38.8 Å². The van der Waals surface area contributed by atoms with Crippen molar-refractivity contribution in [2.24, 2.45) is 5.73 Å². The Labute approximate surface area is 97.7 Å². The lowest BCUT2D eigenvalue weighted by Gasteiger charge is -2.38. The van der Waals surface area contributed by atoms with E-state index >= 15 is 0 Å². The fourth-order valence-corrected chi connectivity index (χ4v) is 2.69. The van der Waals surface area contributed by atoms with Gasteiger partial charge in [0.1, 0.15) is 0 Å². The molecule has 0 aromatic carbocycles. The van der Waals surface area contributed by atoms with Crippen LogP contribution in [-0.2, 0) is 4.74 Å². The maximum atomic E-state index is 6.37. The van der Waals surface area contributed by atoms with Crippen LogP contribution in [0.15, 0.2) is 0 Å². The van der Waals surface area contributed by atoms with Gasteiger partial charge in [-0.05, 0) is 33.1 Å². The Kier molecular flexibility index (Phi) is 5.39. The molecule has 1 unspecified atom stereocenters. The molecular weight excluding hydrogens is 208 g/mol. The number of nitrogens with two attached hydrogens (primary N) is 1. The molecule has 15 heavy (non-hydrogen) atoms. The van der Waals surface area contributed by atoms with Gasteiger partial charge in [0, 0.05) is 37.1 Å². The van der Waals surface area contributed by atoms with E-state index in [1.54, 1.807) is 0 Å². The molecule has 1 heterocycles. The number of ether oxygens (including phenoxy) is 1. The van der Waals surface area contributed by atoms with Crippen molar-refractivity contribution in [1.82, 2.24) is 4.90 Å². The second kappa shape index (κ2) is 6.09. The molecular formula is C11H24N2OS. The summed E-state index contributed by atoms with van der Waals surface area (Å²) in [7, 11) is 2.17. The maximum Gasteiger partial charge on any atom is 0.0484 e. The highest BCUT2D eigenvalue weighted by Gasteiger charge is 2.30. The van der Waals surface area contributed by atoms with E-state index in [9.17, 15) is 0 Å². The van der Waals surface area contributed by atoms with Crippen LogP contribution in [0.4, 0.5) is 0 Å². The smallest absolute Gasteiger partial charge is 0.0484 e. The zero-order valence-electron chi connectivity index (χ0n) is 10.2. The Morgan fingerprint density at radius 3 is 2.60 bits per heavy atom. The molecule has 0 aromatic rings. The van der Waals surface area contributed by atoms with E-state index in [4.69, 9.17) is 10.5 Å². The molecule has 1 saturated heterocycles. The van der Waals surface area contributed by atoms with Gasteiger partial charge in [0.2, 0.25) is 0 Å². The average Bonchev–Trinajstić information content (AvgIpc) is 2.18. The van der Waals surface area contributed by atoms with Crippen molar-refractivity contribution in [3.63, 3.8) is 0 Å². The van der Waals surface area contributed by atoms with Gasteiger partial charge in [-0.1, -0.05) is 0 Å². The third-order valence-corrected chi connectivity index (χ3v) is 4.03. The molecule has 0 amide bonds. The molecule has 0 bridgehead atoms. The number of thioether (sulfide) groups is 1. The quantitative estimate of drug-likeness (QED) is 0.772. The zero-order chi connectivity index (χ0) is 11.3. The monoisotopic (exact) mass is 232 g/mol. The summed E-state index contributed by atoms with van der Waals surface area (Å²) in [5, 5.41) is 0. The lowest BCUT2D eigenvalue weighted by molar-refractivity contribution is 0.0377. The molecule has 1 rings (SSSR count). The number of likely N-dealkylation sites (N-methyl/N-ethyl adjacent to an activating group) is 1. The van der Waals surface area contributed by atoms with Crippen LogP contribution in [0, 0.1) is 0 Å². The topological polar surface area (TPSA) is 38.5 Å². The van der Waals surface area contributed by atoms with Crippen LogP contribution in [0.3, 0.4) is 0 Å². The largest absolute Gasteiger partial charge is 0.381 e. The first-order chi connectivity index (χ1) is 7.07. The number of hydrogen-bond donors (Lipinski definition) is 1. The summed E-state index contributed by atoms with van der Waals surface area (Å²) in [4.78, 5) is 2.38. The minimum Gasteiger partial charge on any atom is -0.381 e. The maximum absolute atomic E-state index is 6.37. The minimum absolute atomic E-state index is 0.0281. The Morgan fingerprint density at radius 1 is 1.47 bits per heavy atom. The molecule has 3 nitrogen and oxygen atoms in total. The predicted molar refractivity (Wildman–Crippen MR) is 67.4 cm³/mol. The molecule has 0 aromatic heterocycles. The Morgan fingerprint density at radius 2 is 2.07 bits per heavy atom. The first kappa shape index (κ1) is 13.3. The van der Waals surface area contributed by atoms with Gasteiger partial charge in [-0.2, -0.15) is 11.8 Å². The Hall–Kier alpha value is 0.230. The summed E-state index contributed by atoms with van der Waals surface area (Å²) in [5.41, 5.74) is 6.34. The van der Waals surface area contributed by atoms with E-state index in [1.807, 2.05) is 11.8 Å². The number of nitrogens with zero attached hydrogens (tertiary/aromatic N) is 1. The lowest BCUT2D eigenvalue weighted by atomic mass is 9.90. The highest BCUT2D eigenvalue weighted by molar-refractivity contribution is 7.98. The standard InChI is InChI=1S/C11H24N2OS/c1-10(8-15-3)13(2)9-11(12)4-6-14-7-5-11/h10H,4-9,12H2,1-3H3. The third-order valence-electron chi connectivity index (χ3n) is 3.21. The van der Waals surface area contributed by atoms with E-state index in [0.29, 0.717) is 6.04 Å². The van der Waals surface area contributed by atoms with E-state index in [-0.39, 0.29) is 5.54 Å². The average molecular weight is 232 g/mol. The Bertz CT molecular complexity index is 183. The fourth-order valence-electron chi connectivity index (χ4n) is 1.96. The van der Waals surface area contributed by atoms with Gasteiger partial charge < -0.3 is 15.4 Å². The second-order valence-corrected chi connectivity index (χ2v) is 5.60. The van der Waals surface area contributed by atoms with Crippen LogP contribution in [0.5, 0.6) is 0 Å².